The number of carbonyl (C=O) groups is 1. The highest BCUT2D eigenvalue weighted by Gasteiger charge is 2.22. The second kappa shape index (κ2) is 8.87. The van der Waals surface area contributed by atoms with Crippen molar-refractivity contribution < 1.29 is 23.1 Å². The molecule has 9 heteroatoms. The Bertz CT molecular complexity index is 1520. The Balaban J connectivity index is 1.92. The van der Waals surface area contributed by atoms with Gasteiger partial charge in [-0.2, -0.15) is 0 Å². The number of benzene rings is 2. The van der Waals surface area contributed by atoms with Gasteiger partial charge in [0.1, 0.15) is 16.5 Å². The Morgan fingerprint density at radius 3 is 2.62 bits per heavy atom. The molecule has 2 aromatic heterocycles. The number of aryl methyl sites for hydroxylation is 1. The largest absolute Gasteiger partial charge is 0.476 e. The van der Waals surface area contributed by atoms with E-state index in [1.165, 1.54) is 31.2 Å². The lowest BCUT2D eigenvalue weighted by atomic mass is 9.98. The van der Waals surface area contributed by atoms with Crippen LogP contribution >= 0.6 is 11.6 Å². The summed E-state index contributed by atoms with van der Waals surface area (Å²) in [5.41, 5.74) is 1.01. The summed E-state index contributed by atoms with van der Waals surface area (Å²) in [7, 11) is 0. The molecule has 0 amide bonds. The predicted molar refractivity (Wildman–Crippen MR) is 126 cm³/mol. The molecule has 0 saturated carbocycles. The van der Waals surface area contributed by atoms with Crippen molar-refractivity contribution in [1.29, 1.82) is 0 Å². The number of fused-ring (bicyclic) bond motifs is 1. The minimum atomic E-state index is -1.27. The monoisotopic (exact) mass is 484 g/mol. The van der Waals surface area contributed by atoms with Gasteiger partial charge in [0.05, 0.1) is 22.7 Å². The van der Waals surface area contributed by atoms with E-state index in [9.17, 15) is 23.5 Å². The lowest BCUT2D eigenvalue weighted by Crippen LogP contribution is -2.15. The minimum Gasteiger partial charge on any atom is -0.476 e. The van der Waals surface area contributed by atoms with Crippen LogP contribution in [0.15, 0.2) is 51.7 Å². The van der Waals surface area contributed by atoms with Crippen molar-refractivity contribution in [3.8, 4) is 11.3 Å². The standard InChI is InChI=1S/C25H19ClF2N2O4/c1-11-9-15(13(3)29-18-7-8-19(26)30-21(18)25(32)33)24-16(10-11)22(31)12(2)23(34-24)14-5-4-6-17(27)20(14)28/h4-10,13,29H,1-3H3,(H,32,33). The highest BCUT2D eigenvalue weighted by atomic mass is 35.5. The Morgan fingerprint density at radius 2 is 1.91 bits per heavy atom. The Morgan fingerprint density at radius 1 is 1.18 bits per heavy atom. The number of carboxylic acids is 1. The Kier molecular flexibility index (Phi) is 6.10. The first-order valence-corrected chi connectivity index (χ1v) is 10.6. The molecule has 4 rings (SSSR count). The molecule has 0 aliphatic heterocycles. The molecular weight excluding hydrogens is 466 g/mol. The van der Waals surface area contributed by atoms with Crippen LogP contribution in [0.5, 0.6) is 0 Å². The fourth-order valence-electron chi connectivity index (χ4n) is 3.85. The molecule has 2 N–H and O–H groups in total. The number of aromatic nitrogens is 1. The van der Waals surface area contributed by atoms with Crippen LogP contribution in [0, 0.1) is 25.5 Å². The van der Waals surface area contributed by atoms with Crippen molar-refractivity contribution in [3.05, 3.63) is 91.9 Å². The van der Waals surface area contributed by atoms with E-state index < -0.39 is 23.6 Å². The molecule has 0 radical (unpaired) electrons. The van der Waals surface area contributed by atoms with Gasteiger partial charge in [-0.25, -0.2) is 18.6 Å². The van der Waals surface area contributed by atoms with Gasteiger partial charge in [-0.15, -0.1) is 0 Å². The van der Waals surface area contributed by atoms with Gasteiger partial charge in [-0.05, 0) is 56.7 Å². The van der Waals surface area contributed by atoms with Crippen molar-refractivity contribution in [2.45, 2.75) is 26.8 Å². The smallest absolute Gasteiger partial charge is 0.356 e. The number of aromatic carboxylic acids is 1. The molecule has 0 aliphatic rings. The minimum absolute atomic E-state index is 0.0276. The quantitative estimate of drug-likeness (QED) is 0.324. The number of carboxylic acid groups (broad SMARTS) is 1. The first-order chi connectivity index (χ1) is 16.1. The molecule has 0 saturated heterocycles. The van der Waals surface area contributed by atoms with Gasteiger partial charge in [0.2, 0.25) is 0 Å². The molecule has 2 heterocycles. The first-order valence-electron chi connectivity index (χ1n) is 10.3. The zero-order valence-corrected chi connectivity index (χ0v) is 19.1. The zero-order valence-electron chi connectivity index (χ0n) is 18.4. The molecule has 174 valence electrons. The summed E-state index contributed by atoms with van der Waals surface area (Å²) in [6.07, 6.45) is 0. The normalized spacial score (nSPS) is 12.1. The molecular formula is C25H19ClF2N2O4. The fourth-order valence-corrected chi connectivity index (χ4v) is 4.00. The highest BCUT2D eigenvalue weighted by molar-refractivity contribution is 6.29. The van der Waals surface area contributed by atoms with Crippen LogP contribution in [0.1, 0.15) is 40.1 Å². The number of nitrogens with zero attached hydrogens (tertiary/aromatic N) is 1. The summed E-state index contributed by atoms with van der Waals surface area (Å²) in [5.74, 6) is -3.52. The van der Waals surface area contributed by atoms with Gasteiger partial charge in [0, 0.05) is 11.1 Å². The van der Waals surface area contributed by atoms with Gasteiger partial charge >= 0.3 is 5.97 Å². The van der Waals surface area contributed by atoms with Crippen LogP contribution in [0.2, 0.25) is 5.15 Å². The summed E-state index contributed by atoms with van der Waals surface area (Å²) < 4.78 is 34.5. The third kappa shape index (κ3) is 4.12. The molecule has 1 atom stereocenters. The van der Waals surface area contributed by atoms with Crippen LogP contribution in [-0.4, -0.2) is 16.1 Å². The zero-order chi connectivity index (χ0) is 24.7. The van der Waals surface area contributed by atoms with Crippen molar-refractivity contribution in [2.24, 2.45) is 0 Å². The van der Waals surface area contributed by atoms with Gasteiger partial charge in [-0.1, -0.05) is 23.7 Å². The average Bonchev–Trinajstić information content (AvgIpc) is 2.79. The van der Waals surface area contributed by atoms with Gasteiger partial charge in [0.25, 0.3) is 0 Å². The molecule has 2 aromatic carbocycles. The number of rotatable bonds is 5. The van der Waals surface area contributed by atoms with E-state index in [4.69, 9.17) is 16.0 Å². The lowest BCUT2D eigenvalue weighted by molar-refractivity contribution is 0.0691. The second-order valence-corrected chi connectivity index (χ2v) is 8.31. The summed E-state index contributed by atoms with van der Waals surface area (Å²) >= 11 is 5.84. The number of nitrogens with one attached hydrogen (secondary N) is 1. The van der Waals surface area contributed by atoms with Crippen molar-refractivity contribution >= 4 is 34.2 Å². The van der Waals surface area contributed by atoms with Crippen molar-refractivity contribution in [2.75, 3.05) is 5.32 Å². The number of pyridine rings is 1. The average molecular weight is 485 g/mol. The predicted octanol–water partition coefficient (Wildman–Crippen LogP) is 6.27. The fraction of sp³-hybridized carbons (Fsp3) is 0.160. The van der Waals surface area contributed by atoms with E-state index in [0.29, 0.717) is 5.56 Å². The summed E-state index contributed by atoms with van der Waals surface area (Å²) in [4.78, 5) is 28.6. The molecule has 0 fully saturated rings. The van der Waals surface area contributed by atoms with Crippen LogP contribution in [0.4, 0.5) is 14.5 Å². The molecule has 4 aromatic rings. The third-order valence-electron chi connectivity index (χ3n) is 5.49. The summed E-state index contributed by atoms with van der Waals surface area (Å²) in [6.45, 7) is 5.04. The molecule has 0 spiro atoms. The summed E-state index contributed by atoms with van der Waals surface area (Å²) in [5, 5.41) is 12.9. The maximum atomic E-state index is 14.5. The van der Waals surface area contributed by atoms with Gasteiger partial charge in [0.15, 0.2) is 22.8 Å². The van der Waals surface area contributed by atoms with Crippen LogP contribution in [-0.2, 0) is 0 Å². The number of hydrogen-bond donors (Lipinski definition) is 2. The SMILES string of the molecule is Cc1cc(C(C)Nc2ccc(Cl)nc2C(=O)O)c2oc(-c3cccc(F)c3F)c(C)c(=O)c2c1. The lowest BCUT2D eigenvalue weighted by Gasteiger charge is -2.19. The topological polar surface area (TPSA) is 92.4 Å². The van der Waals surface area contributed by atoms with E-state index in [1.807, 2.05) is 0 Å². The third-order valence-corrected chi connectivity index (χ3v) is 5.70. The Hall–Kier alpha value is -3.78. The van der Waals surface area contributed by atoms with Gasteiger partial charge < -0.3 is 14.8 Å². The number of hydrogen-bond acceptors (Lipinski definition) is 5. The van der Waals surface area contributed by atoms with E-state index in [2.05, 4.69) is 10.3 Å². The Labute approximate surface area is 197 Å². The second-order valence-electron chi connectivity index (χ2n) is 7.92. The van der Waals surface area contributed by atoms with E-state index in [0.717, 1.165) is 11.6 Å². The number of anilines is 1. The number of halogens is 3. The van der Waals surface area contributed by atoms with Gasteiger partial charge in [-0.3, -0.25) is 4.79 Å². The van der Waals surface area contributed by atoms with Crippen molar-refractivity contribution in [3.63, 3.8) is 0 Å². The maximum Gasteiger partial charge on any atom is 0.356 e. The van der Waals surface area contributed by atoms with Crippen LogP contribution in [0.25, 0.3) is 22.3 Å². The molecule has 0 aliphatic carbocycles. The summed E-state index contributed by atoms with van der Waals surface area (Å²) in [6, 6.07) is 9.46. The maximum absolute atomic E-state index is 14.5. The highest BCUT2D eigenvalue weighted by Crippen LogP contribution is 2.34. The molecule has 6 nitrogen and oxygen atoms in total. The van der Waals surface area contributed by atoms with Crippen LogP contribution in [0.3, 0.4) is 0 Å². The first kappa shape index (κ1) is 23.4. The van der Waals surface area contributed by atoms with E-state index >= 15 is 0 Å². The van der Waals surface area contributed by atoms with Crippen molar-refractivity contribution in [1.82, 2.24) is 4.98 Å². The molecule has 0 bridgehead atoms. The van der Waals surface area contributed by atoms with E-state index in [-0.39, 0.29) is 49.8 Å². The van der Waals surface area contributed by atoms with E-state index in [1.54, 1.807) is 26.0 Å². The molecule has 34 heavy (non-hydrogen) atoms. The van der Waals surface area contributed by atoms with Crippen LogP contribution < -0.4 is 10.7 Å². The molecule has 1 unspecified atom stereocenters.